The average molecular weight is 472 g/mol. The predicted molar refractivity (Wildman–Crippen MR) is 134 cm³/mol. The van der Waals surface area contributed by atoms with Crippen molar-refractivity contribution in [2.45, 2.75) is 45.2 Å². The normalized spacial score (nSPS) is 17.7. The number of anilines is 2. The van der Waals surface area contributed by atoms with Gasteiger partial charge in [0.2, 0.25) is 5.95 Å². The second kappa shape index (κ2) is 9.29. The molecule has 1 aromatic heterocycles. The van der Waals surface area contributed by atoms with Crippen molar-refractivity contribution in [3.63, 3.8) is 0 Å². The third-order valence-corrected chi connectivity index (χ3v) is 7.45. The van der Waals surface area contributed by atoms with Gasteiger partial charge in [0.1, 0.15) is 11.6 Å². The number of piperidine rings is 1. The van der Waals surface area contributed by atoms with Crippen LogP contribution in [0.15, 0.2) is 48.5 Å². The lowest BCUT2D eigenvalue weighted by atomic mass is 10.00. The molecule has 6 nitrogen and oxygen atoms in total. The molecule has 180 valence electrons. The minimum atomic E-state index is -0.390. The fraction of sp³-hybridized carbons (Fsp3) is 0.393. The zero-order valence-corrected chi connectivity index (χ0v) is 19.9. The van der Waals surface area contributed by atoms with Crippen LogP contribution in [-0.2, 0) is 25.9 Å². The van der Waals surface area contributed by atoms with E-state index in [0.717, 1.165) is 68.5 Å². The number of hydrogen-bond donors (Lipinski definition) is 0. The first-order chi connectivity index (χ1) is 17.2. The SMILES string of the molecule is O=C(c1cccc(F)c1)N1CCc2nc(N3CCc4ccccc4C3)nc(N3CCCCC3)c2C1. The first-order valence-corrected chi connectivity index (χ1v) is 12.7. The van der Waals surface area contributed by atoms with Gasteiger partial charge in [-0.05, 0) is 55.0 Å². The molecule has 1 fully saturated rings. The van der Waals surface area contributed by atoms with Gasteiger partial charge in [-0.2, -0.15) is 4.98 Å². The molecule has 0 bridgehead atoms. The maximum absolute atomic E-state index is 13.8. The molecule has 0 atom stereocenters. The van der Waals surface area contributed by atoms with Gasteiger partial charge in [-0.15, -0.1) is 0 Å². The molecular formula is C28H30FN5O. The van der Waals surface area contributed by atoms with E-state index in [1.54, 1.807) is 12.1 Å². The number of nitrogens with zero attached hydrogens (tertiary/aromatic N) is 5. The molecule has 35 heavy (non-hydrogen) atoms. The number of carbonyl (C=O) groups excluding carboxylic acids is 1. The highest BCUT2D eigenvalue weighted by Crippen LogP contribution is 2.32. The number of carbonyl (C=O) groups is 1. The summed E-state index contributed by atoms with van der Waals surface area (Å²) in [6.45, 7) is 4.70. The predicted octanol–water partition coefficient (Wildman–Crippen LogP) is 4.37. The Labute approximate surface area is 205 Å². The lowest BCUT2D eigenvalue weighted by molar-refractivity contribution is 0.0733. The third-order valence-electron chi connectivity index (χ3n) is 7.45. The molecule has 0 aliphatic carbocycles. The lowest BCUT2D eigenvalue weighted by Gasteiger charge is -2.36. The minimum Gasteiger partial charge on any atom is -0.356 e. The summed E-state index contributed by atoms with van der Waals surface area (Å²) in [5.41, 5.74) is 5.22. The highest BCUT2D eigenvalue weighted by atomic mass is 19.1. The number of hydrogen-bond acceptors (Lipinski definition) is 5. The van der Waals surface area contributed by atoms with Crippen LogP contribution in [0.25, 0.3) is 0 Å². The summed E-state index contributed by atoms with van der Waals surface area (Å²) < 4.78 is 13.8. The summed E-state index contributed by atoms with van der Waals surface area (Å²) >= 11 is 0. The highest BCUT2D eigenvalue weighted by molar-refractivity contribution is 5.94. The van der Waals surface area contributed by atoms with Gasteiger partial charge < -0.3 is 14.7 Å². The molecular weight excluding hydrogens is 441 g/mol. The smallest absolute Gasteiger partial charge is 0.254 e. The Bertz CT molecular complexity index is 1260. The van der Waals surface area contributed by atoms with Crippen molar-refractivity contribution < 1.29 is 9.18 Å². The number of aromatic nitrogens is 2. The van der Waals surface area contributed by atoms with Crippen LogP contribution < -0.4 is 9.80 Å². The van der Waals surface area contributed by atoms with Crippen LogP contribution >= 0.6 is 0 Å². The van der Waals surface area contributed by atoms with Crippen LogP contribution in [0.1, 0.15) is 52.0 Å². The topological polar surface area (TPSA) is 52.6 Å². The summed E-state index contributed by atoms with van der Waals surface area (Å²) in [6, 6.07) is 14.6. The highest BCUT2D eigenvalue weighted by Gasteiger charge is 2.30. The minimum absolute atomic E-state index is 0.142. The lowest BCUT2D eigenvalue weighted by Crippen LogP contribution is -2.40. The van der Waals surface area contributed by atoms with Gasteiger partial charge in [0.05, 0.1) is 12.2 Å². The van der Waals surface area contributed by atoms with Crippen LogP contribution in [-0.4, -0.2) is 47.0 Å². The molecule has 2 aromatic carbocycles. The van der Waals surface area contributed by atoms with Gasteiger partial charge in [0, 0.05) is 50.3 Å². The van der Waals surface area contributed by atoms with Crippen molar-refractivity contribution >= 4 is 17.7 Å². The zero-order valence-electron chi connectivity index (χ0n) is 19.9. The Kier molecular flexibility index (Phi) is 5.84. The van der Waals surface area contributed by atoms with Crippen molar-refractivity contribution in [3.8, 4) is 0 Å². The van der Waals surface area contributed by atoms with E-state index in [9.17, 15) is 9.18 Å². The Morgan fingerprint density at radius 2 is 1.63 bits per heavy atom. The van der Waals surface area contributed by atoms with Gasteiger partial charge in [0.25, 0.3) is 5.91 Å². The summed E-state index contributed by atoms with van der Waals surface area (Å²) in [6.07, 6.45) is 5.21. The zero-order chi connectivity index (χ0) is 23.8. The average Bonchev–Trinajstić information content (AvgIpc) is 2.92. The van der Waals surface area contributed by atoms with Crippen molar-refractivity contribution in [1.29, 1.82) is 0 Å². The van der Waals surface area contributed by atoms with Crippen LogP contribution in [0.2, 0.25) is 0 Å². The van der Waals surface area contributed by atoms with E-state index in [1.165, 1.54) is 29.7 Å². The largest absolute Gasteiger partial charge is 0.356 e. The number of benzene rings is 2. The molecule has 3 aromatic rings. The standard InChI is InChI=1S/C28H30FN5O/c29-23-10-6-9-21(17-23)27(35)33-16-12-25-24(19-33)26(32-13-4-1-5-14-32)31-28(30-25)34-15-11-20-7-2-3-8-22(20)18-34/h2-3,6-10,17H,1,4-5,11-16,18-19H2. The molecule has 4 heterocycles. The number of fused-ring (bicyclic) bond motifs is 2. The number of rotatable bonds is 3. The molecule has 0 spiro atoms. The van der Waals surface area contributed by atoms with Gasteiger partial charge in [-0.25, -0.2) is 9.37 Å². The summed E-state index contributed by atoms with van der Waals surface area (Å²) in [7, 11) is 0. The Balaban J connectivity index is 1.33. The Hall–Kier alpha value is -3.48. The van der Waals surface area contributed by atoms with Gasteiger partial charge in [-0.1, -0.05) is 30.3 Å². The fourth-order valence-corrected chi connectivity index (χ4v) is 5.54. The monoisotopic (exact) mass is 471 g/mol. The molecule has 6 rings (SSSR count). The van der Waals surface area contributed by atoms with Crippen molar-refractivity contribution in [1.82, 2.24) is 14.9 Å². The summed E-state index contributed by atoms with van der Waals surface area (Å²) in [5, 5.41) is 0. The van der Waals surface area contributed by atoms with E-state index < -0.39 is 5.82 Å². The van der Waals surface area contributed by atoms with Crippen molar-refractivity contribution in [2.75, 3.05) is 36.0 Å². The van der Waals surface area contributed by atoms with E-state index >= 15 is 0 Å². The van der Waals surface area contributed by atoms with Crippen molar-refractivity contribution in [2.24, 2.45) is 0 Å². The van der Waals surface area contributed by atoms with E-state index in [4.69, 9.17) is 9.97 Å². The van der Waals surface area contributed by atoms with Crippen LogP contribution in [0, 0.1) is 5.82 Å². The molecule has 7 heteroatoms. The van der Waals surface area contributed by atoms with Gasteiger partial charge in [0.15, 0.2) is 0 Å². The Morgan fingerprint density at radius 3 is 2.46 bits per heavy atom. The van der Waals surface area contributed by atoms with Crippen LogP contribution in [0.3, 0.4) is 0 Å². The first-order valence-electron chi connectivity index (χ1n) is 12.7. The molecule has 0 N–H and O–H groups in total. The number of amides is 1. The summed E-state index contributed by atoms with van der Waals surface area (Å²) in [4.78, 5) is 29.8. The van der Waals surface area contributed by atoms with E-state index in [1.807, 2.05) is 4.90 Å². The molecule has 0 unspecified atom stereocenters. The molecule has 0 saturated carbocycles. The number of halogens is 1. The van der Waals surface area contributed by atoms with Crippen LogP contribution in [0.5, 0.6) is 0 Å². The van der Waals surface area contributed by atoms with Crippen LogP contribution in [0.4, 0.5) is 16.2 Å². The molecule has 1 saturated heterocycles. The molecule has 3 aliphatic heterocycles. The maximum Gasteiger partial charge on any atom is 0.254 e. The van der Waals surface area contributed by atoms with Crippen molar-refractivity contribution in [3.05, 3.63) is 82.3 Å². The molecule has 0 radical (unpaired) electrons. The second-order valence-corrected chi connectivity index (χ2v) is 9.75. The second-order valence-electron chi connectivity index (χ2n) is 9.75. The summed E-state index contributed by atoms with van der Waals surface area (Å²) in [5.74, 6) is 1.24. The maximum atomic E-state index is 13.8. The van der Waals surface area contributed by atoms with E-state index in [0.29, 0.717) is 25.1 Å². The fourth-order valence-electron chi connectivity index (χ4n) is 5.54. The van der Waals surface area contributed by atoms with E-state index in [-0.39, 0.29) is 5.91 Å². The molecule has 1 amide bonds. The Morgan fingerprint density at radius 1 is 0.800 bits per heavy atom. The molecule has 3 aliphatic rings. The third kappa shape index (κ3) is 4.35. The quantitative estimate of drug-likeness (QED) is 0.568. The van der Waals surface area contributed by atoms with Gasteiger partial charge >= 0.3 is 0 Å². The first kappa shape index (κ1) is 22.0. The van der Waals surface area contributed by atoms with E-state index in [2.05, 4.69) is 34.1 Å². The van der Waals surface area contributed by atoms with Gasteiger partial charge in [-0.3, -0.25) is 4.79 Å².